The molecule has 0 aliphatic carbocycles. The number of hydrogen-bond donors (Lipinski definition) is 1. The number of fused-ring (bicyclic) bond motifs is 1. The van der Waals surface area contributed by atoms with E-state index in [9.17, 15) is 14.7 Å². The maximum atomic E-state index is 13.4. The fourth-order valence-corrected chi connectivity index (χ4v) is 4.45. The second-order valence-corrected chi connectivity index (χ2v) is 11.0. The van der Waals surface area contributed by atoms with E-state index in [1.807, 2.05) is 93.6 Å². The van der Waals surface area contributed by atoms with Gasteiger partial charge in [0, 0.05) is 18.5 Å². The van der Waals surface area contributed by atoms with Crippen molar-refractivity contribution in [2.45, 2.75) is 32.8 Å². The Kier molecular flexibility index (Phi) is 9.86. The van der Waals surface area contributed by atoms with E-state index in [-0.39, 0.29) is 18.7 Å². The summed E-state index contributed by atoms with van der Waals surface area (Å²) in [4.78, 5) is 26.4. The summed E-state index contributed by atoms with van der Waals surface area (Å²) in [6.45, 7) is 6.43. The third-order valence-electron chi connectivity index (χ3n) is 6.57. The number of methoxy groups -OCH3 is 1. The summed E-state index contributed by atoms with van der Waals surface area (Å²) in [5.41, 5.74) is 2.23. The first-order valence-corrected chi connectivity index (χ1v) is 13.9. The molecular weight excluding hydrogens is 530 g/mol. The van der Waals surface area contributed by atoms with Gasteiger partial charge in [-0.3, -0.25) is 0 Å². The largest absolute Gasteiger partial charge is 0.497 e. The average Bonchev–Trinajstić information content (AvgIpc) is 2.97. The van der Waals surface area contributed by atoms with Crippen molar-refractivity contribution in [1.82, 2.24) is 4.90 Å². The third kappa shape index (κ3) is 8.61. The number of carbonyl (C=O) groups excluding carboxylic acids is 1. The molecule has 0 saturated heterocycles. The van der Waals surface area contributed by atoms with E-state index < -0.39 is 17.7 Å². The Morgan fingerprint density at radius 2 is 1.57 bits per heavy atom. The number of aromatic carboxylic acids is 1. The van der Waals surface area contributed by atoms with Crippen LogP contribution in [0.5, 0.6) is 11.5 Å². The lowest BCUT2D eigenvalue weighted by Gasteiger charge is -2.28. The van der Waals surface area contributed by atoms with Crippen LogP contribution in [-0.4, -0.2) is 54.5 Å². The standard InChI is InChI=1S/C35H37NO6/c1-35(2,3)42-34(39)36(21-20-25-14-18-30(40-4)19-15-25)23-27(22-26-12-16-29(17-13-26)33(37)38)24-41-32-11-7-9-28-8-5-6-10-31(28)32/h5-19,22H,20-21,23-24H2,1-4H3,(H,37,38)/b27-22+. The normalized spacial score (nSPS) is 11.7. The van der Waals surface area contributed by atoms with Crippen molar-refractivity contribution in [3.05, 3.63) is 113 Å². The zero-order valence-corrected chi connectivity index (χ0v) is 24.5. The Bertz CT molecular complexity index is 1530. The van der Waals surface area contributed by atoms with Gasteiger partial charge in [0.2, 0.25) is 0 Å². The van der Waals surface area contributed by atoms with Crippen molar-refractivity contribution >= 4 is 28.9 Å². The molecule has 0 radical (unpaired) electrons. The van der Waals surface area contributed by atoms with Crippen molar-refractivity contribution < 1.29 is 28.9 Å². The quantitative estimate of drug-likeness (QED) is 0.202. The van der Waals surface area contributed by atoms with Gasteiger partial charge in [0.05, 0.1) is 12.7 Å². The molecule has 4 aromatic carbocycles. The highest BCUT2D eigenvalue weighted by atomic mass is 16.6. The minimum Gasteiger partial charge on any atom is -0.497 e. The number of ether oxygens (including phenoxy) is 3. The number of rotatable bonds is 11. The molecule has 0 saturated carbocycles. The lowest BCUT2D eigenvalue weighted by molar-refractivity contribution is 0.0266. The summed E-state index contributed by atoms with van der Waals surface area (Å²) in [5.74, 6) is 0.523. The van der Waals surface area contributed by atoms with Gasteiger partial charge in [-0.25, -0.2) is 9.59 Å². The summed E-state index contributed by atoms with van der Waals surface area (Å²) in [6.07, 6.45) is 2.13. The predicted molar refractivity (Wildman–Crippen MR) is 165 cm³/mol. The number of carboxylic acid groups (broad SMARTS) is 1. The van der Waals surface area contributed by atoms with Crippen molar-refractivity contribution in [3.63, 3.8) is 0 Å². The van der Waals surface area contributed by atoms with Crippen molar-refractivity contribution in [3.8, 4) is 11.5 Å². The van der Waals surface area contributed by atoms with Gasteiger partial charge >= 0.3 is 12.1 Å². The number of carbonyl (C=O) groups is 2. The predicted octanol–water partition coefficient (Wildman–Crippen LogP) is 7.49. The number of nitrogens with zero attached hydrogens (tertiary/aromatic N) is 1. The minimum atomic E-state index is -0.986. The Labute approximate surface area is 246 Å². The molecule has 7 heteroatoms. The molecule has 1 amide bonds. The maximum Gasteiger partial charge on any atom is 0.410 e. The van der Waals surface area contributed by atoms with Gasteiger partial charge in [0.15, 0.2) is 0 Å². The van der Waals surface area contributed by atoms with Crippen LogP contribution in [0.15, 0.2) is 96.6 Å². The van der Waals surface area contributed by atoms with Crippen LogP contribution in [0, 0.1) is 0 Å². The summed E-state index contributed by atoms with van der Waals surface area (Å²) >= 11 is 0. The SMILES string of the molecule is COc1ccc(CCN(C/C(=C\c2ccc(C(=O)O)cc2)COc2cccc3ccccc23)C(=O)OC(C)(C)C)cc1. The number of hydrogen-bond acceptors (Lipinski definition) is 5. The van der Waals surface area contributed by atoms with Gasteiger partial charge in [-0.05, 0) is 79.6 Å². The molecule has 0 aliphatic heterocycles. The Morgan fingerprint density at radius 1 is 0.881 bits per heavy atom. The molecule has 0 heterocycles. The Hall–Kier alpha value is -4.78. The number of carboxylic acids is 1. The number of benzene rings is 4. The molecule has 1 N–H and O–H groups in total. The first-order chi connectivity index (χ1) is 20.1. The molecule has 0 aromatic heterocycles. The highest BCUT2D eigenvalue weighted by Crippen LogP contribution is 2.26. The third-order valence-corrected chi connectivity index (χ3v) is 6.57. The molecule has 0 atom stereocenters. The molecule has 4 aromatic rings. The zero-order chi connectivity index (χ0) is 30.1. The maximum absolute atomic E-state index is 13.4. The zero-order valence-electron chi connectivity index (χ0n) is 24.5. The van der Waals surface area contributed by atoms with Crippen LogP contribution in [0.25, 0.3) is 16.8 Å². The lowest BCUT2D eigenvalue weighted by atomic mass is 10.1. The van der Waals surface area contributed by atoms with Crippen molar-refractivity contribution in [2.24, 2.45) is 0 Å². The van der Waals surface area contributed by atoms with Gasteiger partial charge in [-0.15, -0.1) is 0 Å². The molecule has 4 rings (SSSR count). The van der Waals surface area contributed by atoms with Gasteiger partial charge in [-0.1, -0.05) is 66.7 Å². The van der Waals surface area contributed by atoms with Crippen LogP contribution in [0.2, 0.25) is 0 Å². The van der Waals surface area contributed by atoms with E-state index in [0.717, 1.165) is 39.0 Å². The van der Waals surface area contributed by atoms with Crippen LogP contribution in [0.1, 0.15) is 42.3 Å². The molecule has 0 unspecified atom stereocenters. The highest BCUT2D eigenvalue weighted by Gasteiger charge is 2.23. The number of amides is 1. The molecular formula is C35H37NO6. The molecule has 7 nitrogen and oxygen atoms in total. The minimum absolute atomic E-state index is 0.204. The monoisotopic (exact) mass is 567 g/mol. The summed E-state index contributed by atoms with van der Waals surface area (Å²) in [7, 11) is 1.63. The summed E-state index contributed by atoms with van der Waals surface area (Å²) < 4.78 is 17.4. The highest BCUT2D eigenvalue weighted by molar-refractivity contribution is 5.88. The van der Waals surface area contributed by atoms with Crippen LogP contribution in [-0.2, 0) is 11.2 Å². The molecule has 42 heavy (non-hydrogen) atoms. The first-order valence-electron chi connectivity index (χ1n) is 13.9. The van der Waals surface area contributed by atoms with Gasteiger partial charge in [0.1, 0.15) is 23.7 Å². The second kappa shape index (κ2) is 13.7. The molecule has 0 fully saturated rings. The van der Waals surface area contributed by atoms with E-state index in [1.165, 1.54) is 0 Å². The van der Waals surface area contributed by atoms with E-state index in [2.05, 4.69) is 0 Å². The van der Waals surface area contributed by atoms with Crippen LogP contribution in [0.4, 0.5) is 4.79 Å². The van der Waals surface area contributed by atoms with Crippen molar-refractivity contribution in [1.29, 1.82) is 0 Å². The molecule has 218 valence electrons. The summed E-state index contributed by atoms with van der Waals surface area (Å²) in [6, 6.07) is 28.3. The molecule has 0 bridgehead atoms. The fraction of sp³-hybridized carbons (Fsp3) is 0.257. The molecule has 0 aliphatic rings. The topological polar surface area (TPSA) is 85.3 Å². The molecule has 0 spiro atoms. The average molecular weight is 568 g/mol. The van der Waals surface area contributed by atoms with Crippen LogP contribution >= 0.6 is 0 Å². The van der Waals surface area contributed by atoms with E-state index in [1.54, 1.807) is 36.3 Å². The van der Waals surface area contributed by atoms with E-state index >= 15 is 0 Å². The van der Waals surface area contributed by atoms with Gasteiger partial charge in [0.25, 0.3) is 0 Å². The first kappa shape index (κ1) is 30.2. The van der Waals surface area contributed by atoms with Crippen LogP contribution < -0.4 is 9.47 Å². The van der Waals surface area contributed by atoms with E-state index in [4.69, 9.17) is 14.2 Å². The fourth-order valence-electron chi connectivity index (χ4n) is 4.45. The Morgan fingerprint density at radius 3 is 2.24 bits per heavy atom. The van der Waals surface area contributed by atoms with Crippen LogP contribution in [0.3, 0.4) is 0 Å². The Balaban J connectivity index is 1.62. The second-order valence-electron chi connectivity index (χ2n) is 11.0. The van der Waals surface area contributed by atoms with Crippen molar-refractivity contribution in [2.75, 3.05) is 26.8 Å². The van der Waals surface area contributed by atoms with E-state index in [0.29, 0.717) is 13.0 Å². The van der Waals surface area contributed by atoms with Gasteiger partial charge in [-0.2, -0.15) is 0 Å². The lowest BCUT2D eigenvalue weighted by Crippen LogP contribution is -2.39. The smallest absolute Gasteiger partial charge is 0.410 e. The summed E-state index contributed by atoms with van der Waals surface area (Å²) in [5, 5.41) is 11.4. The van der Waals surface area contributed by atoms with Gasteiger partial charge < -0.3 is 24.2 Å².